The fourth-order valence-electron chi connectivity index (χ4n) is 1.14. The molecule has 0 saturated heterocycles. The molecule has 3 nitrogen and oxygen atoms in total. The number of alkyl halides is 6. The van der Waals surface area contributed by atoms with E-state index in [2.05, 4.69) is 0 Å². The van der Waals surface area contributed by atoms with Crippen LogP contribution < -0.4 is 5.19 Å². The summed E-state index contributed by atoms with van der Waals surface area (Å²) in [6.45, 7) is 12.7. The van der Waals surface area contributed by atoms with Crippen molar-refractivity contribution in [2.24, 2.45) is 17.8 Å². The van der Waals surface area contributed by atoms with Gasteiger partial charge in [0.1, 0.15) is 0 Å². The van der Waals surface area contributed by atoms with Crippen LogP contribution in [0.15, 0.2) is 24.3 Å². The van der Waals surface area contributed by atoms with E-state index in [0.29, 0.717) is 37.6 Å². The van der Waals surface area contributed by atoms with E-state index in [1.54, 1.807) is 0 Å². The van der Waals surface area contributed by atoms with Crippen LogP contribution in [0, 0.1) is 17.8 Å². The van der Waals surface area contributed by atoms with Crippen molar-refractivity contribution in [2.45, 2.75) is 53.1 Å². The van der Waals surface area contributed by atoms with Crippen LogP contribution in [0.5, 0.6) is 0 Å². The maximum atomic E-state index is 12.1. The molecule has 0 aliphatic heterocycles. The van der Waals surface area contributed by atoms with Gasteiger partial charge in [0.2, 0.25) is 0 Å². The fourth-order valence-corrected chi connectivity index (χ4v) is 2.88. The minimum Gasteiger partial charge on any atom is -0.396 e. The first-order valence-electron chi connectivity index (χ1n) is 9.21. The molecule has 3 N–H and O–H groups in total. The topological polar surface area (TPSA) is 60.7 Å². The Balaban J connectivity index is -0.000000176. The van der Waals surface area contributed by atoms with E-state index in [-0.39, 0.29) is 25.8 Å². The van der Waals surface area contributed by atoms with E-state index < -0.39 is 25.6 Å². The second kappa shape index (κ2) is 19.6. The van der Waals surface area contributed by atoms with Gasteiger partial charge < -0.3 is 15.3 Å². The molecule has 0 aliphatic carbocycles. The van der Waals surface area contributed by atoms with Crippen molar-refractivity contribution in [2.75, 3.05) is 19.8 Å². The molecule has 180 valence electrons. The fraction of sp³-hybridized carbons (Fsp3) is 0.737. The quantitative estimate of drug-likeness (QED) is 0.268. The number of halogens is 6. The van der Waals surface area contributed by atoms with Gasteiger partial charge in [0.05, 0.1) is 0 Å². The molecule has 0 bridgehead atoms. The van der Waals surface area contributed by atoms with Crippen LogP contribution in [-0.4, -0.2) is 55.5 Å². The molecule has 30 heavy (non-hydrogen) atoms. The summed E-state index contributed by atoms with van der Waals surface area (Å²) in [4.78, 5) is 0. The first-order chi connectivity index (χ1) is 13.0. The standard InChI is InChI=1S/C7H5F6Si.3C4H10O.Hf/c8-6(9,10)14(7(11,12)13)5-3-1-2-4-5;3*1-4(2)3-5;/h1-4,14H;3*4-5H,3H2,1-2H3;/q-1;;;;. The van der Waals surface area contributed by atoms with Crippen molar-refractivity contribution in [3.05, 3.63) is 24.3 Å². The van der Waals surface area contributed by atoms with E-state index in [4.69, 9.17) is 15.3 Å². The minimum absolute atomic E-state index is 0. The Morgan fingerprint density at radius 3 is 1.00 bits per heavy atom. The zero-order valence-electron chi connectivity index (χ0n) is 18.3. The Labute approximate surface area is 196 Å². The summed E-state index contributed by atoms with van der Waals surface area (Å²) in [7, 11) is -4.92. The average molecular weight is 632 g/mol. The third kappa shape index (κ3) is 24.2. The van der Waals surface area contributed by atoms with Gasteiger partial charge in [0.25, 0.3) is 8.80 Å². The number of aliphatic hydroxyl groups excluding tert-OH is 3. The van der Waals surface area contributed by atoms with Gasteiger partial charge in [-0.1, -0.05) is 41.5 Å². The summed E-state index contributed by atoms with van der Waals surface area (Å²) in [6.07, 6.45) is 0. The van der Waals surface area contributed by atoms with E-state index in [0.717, 1.165) is 12.1 Å². The molecule has 1 aromatic rings. The van der Waals surface area contributed by atoms with Crippen molar-refractivity contribution in [3.8, 4) is 0 Å². The molecule has 1 rings (SSSR count). The number of hydrogen-bond donors (Lipinski definition) is 3. The summed E-state index contributed by atoms with van der Waals surface area (Å²) in [6, 6.07) is 4.09. The average Bonchev–Trinajstić information content (AvgIpc) is 3.07. The third-order valence-corrected chi connectivity index (χ3v) is 5.13. The van der Waals surface area contributed by atoms with Crippen LogP contribution >= 0.6 is 0 Å². The van der Waals surface area contributed by atoms with E-state index in [1.807, 2.05) is 41.5 Å². The third-order valence-electron chi connectivity index (χ3n) is 2.77. The van der Waals surface area contributed by atoms with Crippen molar-refractivity contribution < 1.29 is 67.5 Å². The molecule has 1 aromatic carbocycles. The first-order valence-corrected chi connectivity index (χ1v) is 10.9. The molecule has 0 heterocycles. The molecule has 0 aromatic heterocycles. The molecule has 0 amide bonds. The zero-order chi connectivity index (χ0) is 23.8. The normalized spacial score (nSPS) is 11.2. The molecular weight excluding hydrogens is 597 g/mol. The molecular formula is C19H35F6HfO3Si-. The monoisotopic (exact) mass is 633 g/mol. The van der Waals surface area contributed by atoms with Gasteiger partial charge >= 0.3 is 11.6 Å². The van der Waals surface area contributed by atoms with Gasteiger partial charge in [-0.05, 0) is 17.8 Å². The Kier molecular flexibility index (Phi) is 24.3. The summed E-state index contributed by atoms with van der Waals surface area (Å²) in [5.41, 5.74) is 0. The second-order valence-electron chi connectivity index (χ2n) is 7.46. The number of aliphatic hydroxyl groups is 3. The smallest absolute Gasteiger partial charge is 0.361 e. The zero-order valence-corrected chi connectivity index (χ0v) is 23.1. The van der Waals surface area contributed by atoms with Gasteiger partial charge in [-0.15, -0.1) is 5.19 Å². The molecule has 0 fully saturated rings. The minimum atomic E-state index is -5.16. The second-order valence-corrected chi connectivity index (χ2v) is 10.3. The van der Waals surface area contributed by atoms with Gasteiger partial charge in [-0.25, -0.2) is 12.1 Å². The molecule has 0 unspecified atom stereocenters. The first kappa shape index (κ1) is 37.2. The van der Waals surface area contributed by atoms with Crippen molar-refractivity contribution in [3.63, 3.8) is 0 Å². The van der Waals surface area contributed by atoms with Crippen molar-refractivity contribution >= 4 is 14.0 Å². The number of rotatable bonds is 4. The van der Waals surface area contributed by atoms with Crippen LogP contribution in [0.1, 0.15) is 41.5 Å². The molecule has 0 atom stereocenters. The Morgan fingerprint density at radius 1 is 0.667 bits per heavy atom. The van der Waals surface area contributed by atoms with Gasteiger partial charge in [-0.2, -0.15) is 38.5 Å². The van der Waals surface area contributed by atoms with Crippen LogP contribution in [0.25, 0.3) is 0 Å². The van der Waals surface area contributed by atoms with Crippen LogP contribution in [-0.2, 0) is 25.8 Å². The Bertz CT molecular complexity index is 431. The maximum Gasteiger partial charge on any atom is 0.361 e. The predicted molar refractivity (Wildman–Crippen MR) is 107 cm³/mol. The number of hydrogen-bond acceptors (Lipinski definition) is 3. The van der Waals surface area contributed by atoms with E-state index in [1.165, 1.54) is 12.1 Å². The van der Waals surface area contributed by atoms with Gasteiger partial charge in [0, 0.05) is 45.7 Å². The van der Waals surface area contributed by atoms with E-state index >= 15 is 0 Å². The molecule has 0 spiro atoms. The SMILES string of the molecule is CC(C)CO.CC(C)CO.CC(C)CO.FC(F)(F)[SiH]([c-]1cccc1)C(F)(F)F.[Hf]. The molecule has 0 saturated carbocycles. The van der Waals surface area contributed by atoms with Crippen molar-refractivity contribution in [1.82, 2.24) is 0 Å². The summed E-state index contributed by atoms with van der Waals surface area (Å²) in [5, 5.41) is 23.8. The van der Waals surface area contributed by atoms with Gasteiger partial charge in [0.15, 0.2) is 0 Å². The molecule has 0 aliphatic rings. The van der Waals surface area contributed by atoms with E-state index in [9.17, 15) is 26.3 Å². The largest absolute Gasteiger partial charge is 0.396 e. The predicted octanol–water partition coefficient (Wildman–Crippen LogP) is 3.94. The van der Waals surface area contributed by atoms with Crippen LogP contribution in [0.4, 0.5) is 26.3 Å². The molecule has 11 heteroatoms. The summed E-state index contributed by atoms with van der Waals surface area (Å²) in [5.74, 6) is -9.00. The molecule has 0 radical (unpaired) electrons. The Morgan fingerprint density at radius 2 is 0.867 bits per heavy atom. The van der Waals surface area contributed by atoms with Crippen LogP contribution in [0.2, 0.25) is 0 Å². The Hall–Kier alpha value is -0.103. The van der Waals surface area contributed by atoms with Crippen molar-refractivity contribution in [1.29, 1.82) is 0 Å². The van der Waals surface area contributed by atoms with Gasteiger partial charge in [-0.3, -0.25) is 0 Å². The summed E-state index contributed by atoms with van der Waals surface area (Å²) < 4.78 is 72.7. The summed E-state index contributed by atoms with van der Waals surface area (Å²) >= 11 is 0. The van der Waals surface area contributed by atoms with Crippen LogP contribution in [0.3, 0.4) is 0 Å². The maximum absolute atomic E-state index is 12.1.